The lowest BCUT2D eigenvalue weighted by Crippen LogP contribution is -2.62. The van der Waals surface area contributed by atoms with Gasteiger partial charge in [-0.25, -0.2) is 5.43 Å². The number of hydrogen-bond acceptors (Lipinski definition) is 11. The van der Waals surface area contributed by atoms with Crippen molar-refractivity contribution in [2.75, 3.05) is 47.4 Å². The molecule has 17 nitrogen and oxygen atoms in total. The SMILES string of the molecule is CCC(C)N(C)C(=O)c1cncc(-c2c3c4cc(ccc4n2CC)-c2cc(O)cc(c2)C[C@H](NC(=O)C(C(C)C)N(C)C(=O)CN(C)C(=O)[C@H]2CN2)C(=O)N2CCC[C@H](N2)C(=O)OCC(C)(C)C3)c1. The Bertz CT molecular complexity index is 2620. The van der Waals surface area contributed by atoms with Crippen molar-refractivity contribution in [3.8, 4) is 28.1 Å². The Morgan fingerprint density at radius 1 is 0.971 bits per heavy atom. The van der Waals surface area contributed by atoms with E-state index in [1.165, 1.54) is 21.9 Å². The molecule has 0 spiro atoms. The quantitative estimate of drug-likeness (QED) is 0.115. The summed E-state index contributed by atoms with van der Waals surface area (Å²) in [5.74, 6) is -2.79. The fourth-order valence-corrected chi connectivity index (χ4v) is 9.63. The van der Waals surface area contributed by atoms with Crippen LogP contribution in [-0.4, -0.2) is 147 Å². The van der Waals surface area contributed by atoms with E-state index in [2.05, 4.69) is 38.6 Å². The number of amides is 5. The summed E-state index contributed by atoms with van der Waals surface area (Å²) in [4.78, 5) is 92.0. The van der Waals surface area contributed by atoms with Crippen LogP contribution in [0.4, 0.5) is 0 Å². The molecule has 69 heavy (non-hydrogen) atoms. The molecule has 4 N–H and O–H groups in total. The average molecular weight is 948 g/mol. The number of aryl methyl sites for hydroxylation is 1. The van der Waals surface area contributed by atoms with Gasteiger partial charge in [0.05, 0.1) is 30.5 Å². The molecular formula is C52H69N9O8. The number of carbonyl (C=O) groups is 6. The minimum Gasteiger partial charge on any atom is -0.508 e. The number of aromatic hydroxyl groups is 1. The van der Waals surface area contributed by atoms with Gasteiger partial charge in [-0.1, -0.05) is 46.8 Å². The van der Waals surface area contributed by atoms with Gasteiger partial charge < -0.3 is 39.7 Å². The second kappa shape index (κ2) is 20.7. The number of pyridine rings is 1. The van der Waals surface area contributed by atoms with E-state index < -0.39 is 47.2 Å². The molecule has 2 fully saturated rings. The third kappa shape index (κ3) is 11.1. The molecule has 2 aromatic carbocycles. The number of phenolic OH excluding ortho intramolecular Hbond substituents is 1. The van der Waals surface area contributed by atoms with Crippen molar-refractivity contribution in [3.05, 3.63) is 71.5 Å². The van der Waals surface area contributed by atoms with Crippen LogP contribution in [0.2, 0.25) is 0 Å². The summed E-state index contributed by atoms with van der Waals surface area (Å²) in [6, 6.07) is 9.80. The molecule has 6 bridgehead atoms. The number of rotatable bonds is 12. The van der Waals surface area contributed by atoms with E-state index in [-0.39, 0.29) is 61.7 Å². The molecule has 0 aliphatic carbocycles. The smallest absolute Gasteiger partial charge is 0.324 e. The molecule has 2 saturated heterocycles. The Hall–Kier alpha value is -6.33. The highest BCUT2D eigenvalue weighted by Gasteiger charge is 2.39. The second-order valence-electron chi connectivity index (χ2n) is 20.2. The Morgan fingerprint density at radius 2 is 1.71 bits per heavy atom. The van der Waals surface area contributed by atoms with Gasteiger partial charge in [-0.2, -0.15) is 0 Å². The summed E-state index contributed by atoms with van der Waals surface area (Å²) in [6.07, 6.45) is 5.52. The maximum absolute atomic E-state index is 14.7. The lowest BCUT2D eigenvalue weighted by Gasteiger charge is -2.37. The van der Waals surface area contributed by atoms with Crippen LogP contribution < -0.4 is 16.1 Å². The van der Waals surface area contributed by atoms with Gasteiger partial charge in [-0.05, 0) is 98.0 Å². The number of carbonyl (C=O) groups excluding carboxylic acids is 6. The van der Waals surface area contributed by atoms with Crippen LogP contribution in [0, 0.1) is 11.3 Å². The predicted octanol–water partition coefficient (Wildman–Crippen LogP) is 4.53. The molecular weight excluding hydrogens is 879 g/mol. The first-order valence-electron chi connectivity index (χ1n) is 24.2. The van der Waals surface area contributed by atoms with E-state index in [4.69, 9.17) is 4.74 Å². The maximum Gasteiger partial charge on any atom is 0.324 e. The van der Waals surface area contributed by atoms with Crippen molar-refractivity contribution < 1.29 is 38.6 Å². The monoisotopic (exact) mass is 948 g/mol. The number of fused-ring (bicyclic) bond motifs is 6. The number of phenols is 1. The van der Waals surface area contributed by atoms with E-state index in [0.29, 0.717) is 49.0 Å². The van der Waals surface area contributed by atoms with Crippen molar-refractivity contribution in [3.63, 3.8) is 0 Å². The van der Waals surface area contributed by atoms with Gasteiger partial charge in [0, 0.05) is 87.5 Å². The first kappa shape index (κ1) is 50.5. The molecule has 2 unspecified atom stereocenters. The highest BCUT2D eigenvalue weighted by Crippen LogP contribution is 2.41. The zero-order chi connectivity index (χ0) is 50.1. The number of hydrogen-bond donors (Lipinski definition) is 4. The Balaban J connectivity index is 1.30. The third-order valence-corrected chi connectivity index (χ3v) is 13.8. The summed E-state index contributed by atoms with van der Waals surface area (Å²) >= 11 is 0. The number of likely N-dealkylation sites (N-methyl/N-ethyl adjacent to an activating group) is 2. The standard InChI is InChI=1S/C52H69N9O8/c1-11-31(5)58(9)48(65)36-21-35(25-53-26-36)46-39-24-52(6,7)29-69-51(68)40-14-13-17-61(56-40)50(67)41(55-47(64)45(30(3)4)59(10)44(63)28-57(8)49(66)42-27-54-42)20-32-18-34(22-37(62)19-32)33-15-16-43(38(39)23-33)60(46)12-2/h15-16,18-19,21-23,25-26,30-31,40-42,45,54,56,62H,11-14,17,20,24,27-29H2,1-10H3,(H,55,64)/t31?,40-,41-,42+,45?/m0/s1. The Kier molecular flexibility index (Phi) is 15.2. The molecule has 2 aromatic heterocycles. The van der Waals surface area contributed by atoms with E-state index >= 15 is 0 Å². The van der Waals surface area contributed by atoms with E-state index in [0.717, 1.165) is 39.7 Å². The molecule has 4 aromatic rings. The summed E-state index contributed by atoms with van der Waals surface area (Å²) in [5, 5.41) is 19.5. The number of nitrogens with one attached hydrogen (secondary N) is 3. The molecule has 370 valence electrons. The number of aromatic nitrogens is 2. The van der Waals surface area contributed by atoms with Crippen molar-refractivity contribution in [1.29, 1.82) is 0 Å². The predicted molar refractivity (Wildman–Crippen MR) is 263 cm³/mol. The molecule has 7 rings (SSSR count). The summed E-state index contributed by atoms with van der Waals surface area (Å²) in [6.45, 7) is 15.0. The zero-order valence-electron chi connectivity index (χ0n) is 41.7. The lowest BCUT2D eigenvalue weighted by atomic mass is 9.84. The molecule has 0 saturated carbocycles. The zero-order valence-corrected chi connectivity index (χ0v) is 41.7. The molecule has 5 heterocycles. The molecule has 5 amide bonds. The summed E-state index contributed by atoms with van der Waals surface area (Å²) in [7, 11) is 4.86. The van der Waals surface area contributed by atoms with Crippen molar-refractivity contribution in [2.24, 2.45) is 11.3 Å². The van der Waals surface area contributed by atoms with Crippen molar-refractivity contribution >= 4 is 46.4 Å². The number of hydrazine groups is 1. The molecule has 5 atom stereocenters. The number of nitrogens with zero attached hydrogens (tertiary/aromatic N) is 6. The molecule has 3 aliphatic heterocycles. The van der Waals surface area contributed by atoms with Gasteiger partial charge in [-0.3, -0.25) is 38.8 Å². The van der Waals surface area contributed by atoms with Crippen LogP contribution in [0.5, 0.6) is 5.75 Å². The number of ether oxygens (including phenoxy) is 1. The first-order valence-corrected chi connectivity index (χ1v) is 24.2. The van der Waals surface area contributed by atoms with Crippen molar-refractivity contribution in [1.82, 2.24) is 45.3 Å². The van der Waals surface area contributed by atoms with Crippen LogP contribution in [0.25, 0.3) is 33.3 Å². The van der Waals surface area contributed by atoms with E-state index in [1.54, 1.807) is 57.4 Å². The van der Waals surface area contributed by atoms with E-state index in [9.17, 15) is 33.9 Å². The normalized spacial score (nSPS) is 20.1. The van der Waals surface area contributed by atoms with Gasteiger partial charge in [0.2, 0.25) is 17.7 Å². The molecule has 17 heteroatoms. The van der Waals surface area contributed by atoms with Gasteiger partial charge in [-0.15, -0.1) is 0 Å². The summed E-state index contributed by atoms with van der Waals surface area (Å²) < 4.78 is 8.31. The minimum absolute atomic E-state index is 0.0349. The Morgan fingerprint density at radius 3 is 2.39 bits per heavy atom. The number of cyclic esters (lactones) is 1. The lowest BCUT2D eigenvalue weighted by molar-refractivity contribution is -0.155. The van der Waals surface area contributed by atoms with Crippen molar-refractivity contribution in [2.45, 2.75) is 117 Å². The van der Waals surface area contributed by atoms with Crippen LogP contribution in [0.15, 0.2) is 54.9 Å². The maximum atomic E-state index is 14.7. The summed E-state index contributed by atoms with van der Waals surface area (Å²) in [5.41, 5.74) is 8.60. The molecule has 0 radical (unpaired) electrons. The van der Waals surface area contributed by atoms with Gasteiger partial charge >= 0.3 is 5.97 Å². The highest BCUT2D eigenvalue weighted by atomic mass is 16.5. The van der Waals surface area contributed by atoms with Gasteiger partial charge in [0.15, 0.2) is 0 Å². The van der Waals surface area contributed by atoms with Crippen LogP contribution in [0.1, 0.15) is 89.2 Å². The molecule has 3 aliphatic rings. The van der Waals surface area contributed by atoms with Crippen LogP contribution >= 0.6 is 0 Å². The number of esters is 1. The Labute approximate surface area is 404 Å². The number of benzene rings is 2. The largest absolute Gasteiger partial charge is 0.508 e. The topological polar surface area (TPSA) is 209 Å². The third-order valence-electron chi connectivity index (χ3n) is 13.8. The highest BCUT2D eigenvalue weighted by molar-refractivity contribution is 5.98. The van der Waals surface area contributed by atoms with Gasteiger partial charge in [0.1, 0.15) is 23.9 Å². The first-order chi connectivity index (χ1) is 32.7. The van der Waals surface area contributed by atoms with Gasteiger partial charge in [0.25, 0.3) is 11.8 Å². The van der Waals surface area contributed by atoms with Crippen LogP contribution in [-0.2, 0) is 48.1 Å². The van der Waals surface area contributed by atoms with Crippen LogP contribution in [0.3, 0.4) is 0 Å². The average Bonchev–Trinajstić information content (AvgIpc) is 4.14. The second-order valence-corrected chi connectivity index (χ2v) is 20.2. The fraction of sp³-hybridized carbons (Fsp3) is 0.519. The fourth-order valence-electron chi connectivity index (χ4n) is 9.63. The van der Waals surface area contributed by atoms with E-state index in [1.807, 2.05) is 52.0 Å². The minimum atomic E-state index is -1.20.